The summed E-state index contributed by atoms with van der Waals surface area (Å²) in [5, 5.41) is 2.89. The van der Waals surface area contributed by atoms with Crippen molar-refractivity contribution in [3.8, 4) is 0 Å². The third-order valence-electron chi connectivity index (χ3n) is 4.42. The van der Waals surface area contributed by atoms with Gasteiger partial charge >= 0.3 is 0 Å². The Morgan fingerprint density at radius 2 is 1.92 bits per heavy atom. The Hall–Kier alpha value is -3.28. The van der Waals surface area contributed by atoms with E-state index in [1.165, 1.54) is 6.26 Å². The molecule has 4 rings (SSSR count). The first-order chi connectivity index (χ1) is 12.7. The Bertz CT molecular complexity index is 913. The summed E-state index contributed by atoms with van der Waals surface area (Å²) in [5.41, 5.74) is 2.57. The smallest absolute Gasteiger partial charge is 0.293 e. The first-order valence-corrected chi connectivity index (χ1v) is 8.51. The molecule has 0 fully saturated rings. The molecule has 3 aromatic rings. The molecular weight excluding hydrogens is 332 g/mol. The lowest BCUT2D eigenvalue weighted by Crippen LogP contribution is -2.28. The molecule has 3 heterocycles. The highest BCUT2D eigenvalue weighted by Gasteiger charge is 2.27. The van der Waals surface area contributed by atoms with Gasteiger partial charge in [-0.1, -0.05) is 6.07 Å². The molecule has 0 aliphatic carbocycles. The zero-order chi connectivity index (χ0) is 17.9. The number of benzene rings is 1. The van der Waals surface area contributed by atoms with Crippen molar-refractivity contribution in [1.82, 2.24) is 0 Å². The summed E-state index contributed by atoms with van der Waals surface area (Å²) < 4.78 is 10.5. The number of hydrogen-bond acceptors (Lipinski definition) is 4. The van der Waals surface area contributed by atoms with Crippen LogP contribution in [0.15, 0.2) is 63.8 Å². The Kier molecular flexibility index (Phi) is 4.31. The second-order valence-corrected chi connectivity index (χ2v) is 6.16. The Balaban J connectivity index is 1.45. The molecule has 1 aromatic carbocycles. The number of nitrogens with one attached hydrogen (secondary N) is 1. The summed E-state index contributed by atoms with van der Waals surface area (Å²) in [4.78, 5) is 26.4. The summed E-state index contributed by atoms with van der Waals surface area (Å²) in [7, 11) is 0. The molecule has 2 amide bonds. The van der Waals surface area contributed by atoms with Gasteiger partial charge in [0.1, 0.15) is 5.76 Å². The van der Waals surface area contributed by atoms with Gasteiger partial charge in [0.15, 0.2) is 5.76 Å². The third kappa shape index (κ3) is 3.26. The van der Waals surface area contributed by atoms with Crippen LogP contribution >= 0.6 is 0 Å². The predicted octanol–water partition coefficient (Wildman–Crippen LogP) is 3.65. The normalized spacial score (nSPS) is 12.8. The van der Waals surface area contributed by atoms with E-state index in [-0.39, 0.29) is 11.8 Å². The van der Waals surface area contributed by atoms with Crippen molar-refractivity contribution in [1.29, 1.82) is 0 Å². The first kappa shape index (κ1) is 16.2. The number of hydrogen-bond donors (Lipinski definition) is 1. The SMILES string of the molecule is O=C(CCc1ccco1)Nc1ccc2c(c1)N(C(=O)c1ccco1)CC2. The number of rotatable bonds is 5. The van der Waals surface area contributed by atoms with Gasteiger partial charge in [0, 0.05) is 30.8 Å². The molecule has 1 aliphatic heterocycles. The summed E-state index contributed by atoms with van der Waals surface area (Å²) >= 11 is 0. The molecule has 0 saturated heterocycles. The van der Waals surface area contributed by atoms with Gasteiger partial charge in [0.25, 0.3) is 5.91 Å². The second-order valence-electron chi connectivity index (χ2n) is 6.16. The second kappa shape index (κ2) is 6.92. The van der Waals surface area contributed by atoms with Gasteiger partial charge in [-0.05, 0) is 48.4 Å². The monoisotopic (exact) mass is 350 g/mol. The fourth-order valence-electron chi connectivity index (χ4n) is 3.12. The van der Waals surface area contributed by atoms with E-state index in [1.54, 1.807) is 29.4 Å². The highest BCUT2D eigenvalue weighted by Crippen LogP contribution is 2.32. The number of aryl methyl sites for hydroxylation is 1. The lowest BCUT2D eigenvalue weighted by Gasteiger charge is -2.17. The molecule has 0 radical (unpaired) electrons. The van der Waals surface area contributed by atoms with E-state index in [9.17, 15) is 9.59 Å². The van der Waals surface area contributed by atoms with Crippen molar-refractivity contribution in [2.75, 3.05) is 16.8 Å². The molecule has 6 heteroatoms. The minimum Gasteiger partial charge on any atom is -0.469 e. The van der Waals surface area contributed by atoms with E-state index < -0.39 is 0 Å². The standard InChI is InChI=1S/C20H18N2O4/c23-19(8-7-16-3-1-11-25-16)21-15-6-5-14-9-10-22(17(14)13-15)20(24)18-4-2-12-26-18/h1-6,11-13H,7-10H2,(H,21,23). The van der Waals surface area contributed by atoms with Crippen LogP contribution in [0.3, 0.4) is 0 Å². The van der Waals surface area contributed by atoms with E-state index in [1.807, 2.05) is 24.3 Å². The average molecular weight is 350 g/mol. The fourth-order valence-corrected chi connectivity index (χ4v) is 3.12. The van der Waals surface area contributed by atoms with Crippen LogP contribution in [-0.4, -0.2) is 18.4 Å². The summed E-state index contributed by atoms with van der Waals surface area (Å²) in [5.74, 6) is 0.827. The van der Waals surface area contributed by atoms with Crippen LogP contribution in [0, 0.1) is 0 Å². The zero-order valence-corrected chi connectivity index (χ0v) is 14.1. The molecule has 0 bridgehead atoms. The van der Waals surface area contributed by atoms with Crippen molar-refractivity contribution < 1.29 is 18.4 Å². The minimum absolute atomic E-state index is 0.0942. The number of fused-ring (bicyclic) bond motifs is 1. The van der Waals surface area contributed by atoms with Crippen LogP contribution in [0.25, 0.3) is 0 Å². The maximum Gasteiger partial charge on any atom is 0.293 e. The number of anilines is 2. The Morgan fingerprint density at radius 1 is 1.08 bits per heavy atom. The van der Waals surface area contributed by atoms with E-state index in [0.717, 1.165) is 23.4 Å². The van der Waals surface area contributed by atoms with E-state index in [2.05, 4.69) is 5.32 Å². The van der Waals surface area contributed by atoms with Crippen LogP contribution in [-0.2, 0) is 17.6 Å². The number of amides is 2. The van der Waals surface area contributed by atoms with Gasteiger partial charge < -0.3 is 19.1 Å². The van der Waals surface area contributed by atoms with Crippen molar-refractivity contribution in [2.24, 2.45) is 0 Å². The van der Waals surface area contributed by atoms with Crippen LogP contribution in [0.5, 0.6) is 0 Å². The molecule has 0 saturated carbocycles. The van der Waals surface area contributed by atoms with E-state index in [4.69, 9.17) is 8.83 Å². The van der Waals surface area contributed by atoms with Gasteiger partial charge in [-0.15, -0.1) is 0 Å². The molecule has 0 spiro atoms. The molecule has 132 valence electrons. The van der Waals surface area contributed by atoms with E-state index >= 15 is 0 Å². The molecule has 0 atom stereocenters. The van der Waals surface area contributed by atoms with Crippen molar-refractivity contribution in [2.45, 2.75) is 19.3 Å². The Morgan fingerprint density at radius 3 is 2.69 bits per heavy atom. The van der Waals surface area contributed by atoms with Gasteiger partial charge in [0.2, 0.25) is 5.91 Å². The molecule has 0 unspecified atom stereocenters. The van der Waals surface area contributed by atoms with Crippen LogP contribution in [0.1, 0.15) is 28.3 Å². The van der Waals surface area contributed by atoms with Crippen LogP contribution < -0.4 is 10.2 Å². The van der Waals surface area contributed by atoms with Gasteiger partial charge in [-0.25, -0.2) is 0 Å². The average Bonchev–Trinajstić information content (AvgIpc) is 3.40. The number of carbonyl (C=O) groups excluding carboxylic acids is 2. The molecule has 2 aromatic heterocycles. The Labute approximate surface area is 150 Å². The zero-order valence-electron chi connectivity index (χ0n) is 14.1. The maximum absolute atomic E-state index is 12.6. The minimum atomic E-state index is -0.171. The molecule has 6 nitrogen and oxygen atoms in total. The van der Waals surface area contributed by atoms with Crippen molar-refractivity contribution in [3.05, 3.63) is 72.1 Å². The number of carbonyl (C=O) groups is 2. The van der Waals surface area contributed by atoms with Gasteiger partial charge in [-0.3, -0.25) is 9.59 Å². The largest absolute Gasteiger partial charge is 0.469 e. The quantitative estimate of drug-likeness (QED) is 0.762. The summed E-state index contributed by atoms with van der Waals surface area (Å²) in [6.07, 6.45) is 4.75. The first-order valence-electron chi connectivity index (χ1n) is 8.51. The lowest BCUT2D eigenvalue weighted by atomic mass is 10.1. The van der Waals surface area contributed by atoms with E-state index in [0.29, 0.717) is 30.8 Å². The predicted molar refractivity (Wildman–Crippen MR) is 96.2 cm³/mol. The topological polar surface area (TPSA) is 75.7 Å². The maximum atomic E-state index is 12.6. The highest BCUT2D eigenvalue weighted by molar-refractivity contribution is 6.06. The fraction of sp³-hybridized carbons (Fsp3) is 0.200. The molecular formula is C20H18N2O4. The number of nitrogens with zero attached hydrogens (tertiary/aromatic N) is 1. The van der Waals surface area contributed by atoms with Crippen LogP contribution in [0.4, 0.5) is 11.4 Å². The van der Waals surface area contributed by atoms with Crippen LogP contribution in [0.2, 0.25) is 0 Å². The summed E-state index contributed by atoms with van der Waals surface area (Å²) in [6, 6.07) is 12.7. The number of furan rings is 2. The van der Waals surface area contributed by atoms with Crippen molar-refractivity contribution >= 4 is 23.2 Å². The highest BCUT2D eigenvalue weighted by atomic mass is 16.3. The summed E-state index contributed by atoms with van der Waals surface area (Å²) in [6.45, 7) is 0.602. The lowest BCUT2D eigenvalue weighted by molar-refractivity contribution is -0.116. The molecule has 1 N–H and O–H groups in total. The third-order valence-corrected chi connectivity index (χ3v) is 4.42. The van der Waals surface area contributed by atoms with Gasteiger partial charge in [-0.2, -0.15) is 0 Å². The van der Waals surface area contributed by atoms with Crippen molar-refractivity contribution in [3.63, 3.8) is 0 Å². The molecule has 1 aliphatic rings. The molecule has 26 heavy (non-hydrogen) atoms. The van der Waals surface area contributed by atoms with Gasteiger partial charge in [0.05, 0.1) is 12.5 Å².